The molecule has 10 nitrogen and oxygen atoms in total. The maximum Gasteiger partial charge on any atom is 0.163 e. The van der Waals surface area contributed by atoms with Crippen molar-refractivity contribution in [2.24, 2.45) is 0 Å². The average Bonchev–Trinajstić information content (AvgIpc) is 3.21. The van der Waals surface area contributed by atoms with E-state index >= 15 is 0 Å². The van der Waals surface area contributed by atoms with Gasteiger partial charge in [0.05, 0.1) is 12.7 Å². The van der Waals surface area contributed by atoms with Crippen LogP contribution in [0, 0.1) is 10.4 Å². The molecule has 2 aromatic rings. The second-order valence-corrected chi connectivity index (χ2v) is 7.50. The second-order valence-electron chi connectivity index (χ2n) is 6.53. The van der Waals surface area contributed by atoms with Crippen molar-refractivity contribution in [1.82, 2.24) is 19.7 Å². The molecule has 2 aliphatic rings. The zero-order valence-corrected chi connectivity index (χ0v) is 16.4. The summed E-state index contributed by atoms with van der Waals surface area (Å²) in [4.78, 5) is 8.57. The fourth-order valence-corrected chi connectivity index (χ4v) is 3.84. The van der Waals surface area contributed by atoms with Crippen LogP contribution in [-0.2, 0) is 12.3 Å². The van der Waals surface area contributed by atoms with Crippen LogP contribution in [0.25, 0.3) is 11.4 Å². The number of nitrogens with one attached hydrogen (secondary N) is 2. The first-order valence-electron chi connectivity index (χ1n) is 8.95. The van der Waals surface area contributed by atoms with Crippen molar-refractivity contribution in [2.75, 3.05) is 0 Å². The van der Waals surface area contributed by atoms with E-state index in [4.69, 9.17) is 10.4 Å². The Kier molecular flexibility index (Phi) is 6.01. The van der Waals surface area contributed by atoms with E-state index in [-0.39, 0.29) is 11.4 Å². The molecule has 30 heavy (non-hydrogen) atoms. The fourth-order valence-electron chi connectivity index (χ4n) is 2.88. The fraction of sp³-hybridized carbons (Fsp3) is 0.105. The molecule has 0 spiro atoms. The summed E-state index contributed by atoms with van der Waals surface area (Å²) in [6, 6.07) is 13.4. The summed E-state index contributed by atoms with van der Waals surface area (Å²) >= 11 is 1.49. The van der Waals surface area contributed by atoms with Gasteiger partial charge in [0.1, 0.15) is 22.7 Å². The van der Waals surface area contributed by atoms with Crippen molar-refractivity contribution in [2.45, 2.75) is 17.3 Å². The SMILES string of the molecule is [O-][NH+](O)c1ccc(CSc2nn(Cc3ccc([NH+]([O-])O)cc3)cc3ncnc2-3)cc1. The predicted molar refractivity (Wildman–Crippen MR) is 108 cm³/mol. The van der Waals surface area contributed by atoms with Crippen LogP contribution in [0.2, 0.25) is 0 Å². The molecular weight excluding hydrogens is 408 g/mol. The number of benzene rings is 2. The number of hydrogen-bond donors (Lipinski definition) is 4. The number of thioether (sulfide) groups is 1. The highest BCUT2D eigenvalue weighted by Gasteiger charge is 2.16. The van der Waals surface area contributed by atoms with Gasteiger partial charge in [0, 0.05) is 30.0 Å². The van der Waals surface area contributed by atoms with Gasteiger partial charge in [-0.2, -0.15) is 15.6 Å². The van der Waals surface area contributed by atoms with E-state index in [0.29, 0.717) is 18.0 Å². The first kappa shape index (κ1) is 20.4. The van der Waals surface area contributed by atoms with Gasteiger partial charge in [-0.25, -0.2) is 20.4 Å². The monoisotopic (exact) mass is 426 g/mol. The summed E-state index contributed by atoms with van der Waals surface area (Å²) in [6.07, 6.45) is 3.29. The van der Waals surface area contributed by atoms with Crippen LogP contribution < -0.4 is 10.5 Å². The number of aromatic nitrogens is 4. The van der Waals surface area contributed by atoms with E-state index in [1.165, 1.54) is 18.1 Å². The molecule has 4 N–H and O–H groups in total. The molecule has 11 heteroatoms. The lowest BCUT2D eigenvalue weighted by Crippen LogP contribution is -2.99. The Morgan fingerprint density at radius 2 is 1.47 bits per heavy atom. The molecule has 154 valence electrons. The van der Waals surface area contributed by atoms with E-state index in [1.807, 2.05) is 0 Å². The molecule has 0 amide bonds. The smallest absolute Gasteiger partial charge is 0.163 e. The molecular formula is C19H18N6O4S. The quantitative estimate of drug-likeness (QED) is 0.253. The molecule has 0 aliphatic carbocycles. The molecule has 2 aliphatic heterocycles. The van der Waals surface area contributed by atoms with Gasteiger partial charge in [-0.15, -0.1) is 0 Å². The van der Waals surface area contributed by atoms with Crippen LogP contribution in [-0.4, -0.2) is 30.2 Å². The maximum absolute atomic E-state index is 11.0. The third-order valence-corrected chi connectivity index (χ3v) is 5.47. The van der Waals surface area contributed by atoms with Crippen molar-refractivity contribution in [3.05, 3.63) is 82.6 Å². The summed E-state index contributed by atoms with van der Waals surface area (Å²) < 4.78 is 1.75. The Bertz CT molecular complexity index is 1090. The van der Waals surface area contributed by atoms with E-state index in [0.717, 1.165) is 21.8 Å². The van der Waals surface area contributed by atoms with Crippen LogP contribution in [0.5, 0.6) is 0 Å². The number of hydrogen-bond acceptors (Lipinski definition) is 8. The van der Waals surface area contributed by atoms with E-state index < -0.39 is 10.5 Å². The predicted octanol–water partition coefficient (Wildman–Crippen LogP) is 0.925. The van der Waals surface area contributed by atoms with Gasteiger partial charge in [0.15, 0.2) is 11.4 Å². The van der Waals surface area contributed by atoms with Crippen molar-refractivity contribution in [3.8, 4) is 11.4 Å². The van der Waals surface area contributed by atoms with Gasteiger partial charge >= 0.3 is 0 Å². The van der Waals surface area contributed by atoms with Crippen LogP contribution >= 0.6 is 11.8 Å². The maximum atomic E-state index is 11.0. The number of nitrogens with zero attached hydrogens (tertiary/aromatic N) is 4. The molecule has 2 aromatic carbocycles. The van der Waals surface area contributed by atoms with Crippen LogP contribution in [0.1, 0.15) is 11.1 Å². The first-order valence-corrected chi connectivity index (χ1v) is 9.93. The lowest BCUT2D eigenvalue weighted by Gasteiger charge is -2.14. The largest absolute Gasteiger partial charge is 0.595 e. The van der Waals surface area contributed by atoms with E-state index in [1.54, 1.807) is 59.4 Å². The normalized spacial score (nSPS) is 13.5. The second kappa shape index (κ2) is 8.85. The Balaban J connectivity index is 1.52. The zero-order chi connectivity index (χ0) is 21.1. The molecule has 0 radical (unpaired) electrons. The van der Waals surface area contributed by atoms with Crippen molar-refractivity contribution in [3.63, 3.8) is 0 Å². The summed E-state index contributed by atoms with van der Waals surface area (Å²) in [5.41, 5.74) is 3.79. The highest BCUT2D eigenvalue weighted by Crippen LogP contribution is 2.30. The van der Waals surface area contributed by atoms with Crippen LogP contribution in [0.4, 0.5) is 11.4 Å². The van der Waals surface area contributed by atoms with Crippen molar-refractivity contribution < 1.29 is 20.9 Å². The van der Waals surface area contributed by atoms with Gasteiger partial charge in [0.25, 0.3) is 0 Å². The van der Waals surface area contributed by atoms with Crippen molar-refractivity contribution in [1.29, 1.82) is 0 Å². The minimum atomic E-state index is -0.962. The topological polar surface area (TPSA) is 139 Å². The van der Waals surface area contributed by atoms with Gasteiger partial charge in [0.2, 0.25) is 0 Å². The third kappa shape index (κ3) is 4.63. The van der Waals surface area contributed by atoms with Crippen LogP contribution in [0.15, 0.2) is 66.1 Å². The first-order chi connectivity index (χ1) is 14.5. The van der Waals surface area contributed by atoms with Gasteiger partial charge in [-0.3, -0.25) is 4.68 Å². The summed E-state index contributed by atoms with van der Waals surface area (Å²) in [5.74, 6) is 0.603. The number of rotatable bonds is 7. The molecule has 0 aromatic heterocycles. The number of fused-ring (bicyclic) bond motifs is 1. The van der Waals surface area contributed by atoms with Crippen molar-refractivity contribution >= 4 is 23.1 Å². The molecule has 4 rings (SSSR count). The number of imidazole rings is 1. The molecule has 0 saturated heterocycles. The summed E-state index contributed by atoms with van der Waals surface area (Å²) in [5, 5.41) is 43.5. The molecule has 2 unspecified atom stereocenters. The highest BCUT2D eigenvalue weighted by molar-refractivity contribution is 7.98. The highest BCUT2D eigenvalue weighted by atomic mass is 32.2. The standard InChI is InChI=1S/C19H18N6O4S/c26-24(27)15-5-1-13(2-6-15)9-23-10-17-18(21-12-20-17)19(22-23)30-11-14-3-7-16(8-4-14)25(28)29/h1-8,10,12,24-26,28H,9,11H2. The minimum Gasteiger partial charge on any atom is -0.595 e. The van der Waals surface area contributed by atoms with Crippen LogP contribution in [0.3, 0.4) is 0 Å². The Morgan fingerprint density at radius 1 is 0.867 bits per heavy atom. The summed E-state index contributed by atoms with van der Waals surface area (Å²) in [7, 11) is 0. The lowest BCUT2D eigenvalue weighted by atomic mass is 10.2. The molecule has 0 fully saturated rings. The molecule has 2 atom stereocenters. The third-order valence-electron chi connectivity index (χ3n) is 4.44. The number of quaternary nitrogens is 2. The van der Waals surface area contributed by atoms with Gasteiger partial charge in [-0.05, 0) is 11.1 Å². The molecule has 0 saturated carbocycles. The Labute approximate surface area is 175 Å². The Hall–Kier alpha value is -2.90. The lowest BCUT2D eigenvalue weighted by molar-refractivity contribution is -0.991. The van der Waals surface area contributed by atoms with E-state index in [2.05, 4.69) is 15.1 Å². The molecule has 2 heterocycles. The van der Waals surface area contributed by atoms with Gasteiger partial charge < -0.3 is 10.4 Å². The van der Waals surface area contributed by atoms with Gasteiger partial charge in [-0.1, -0.05) is 36.0 Å². The molecule has 0 bridgehead atoms. The minimum absolute atomic E-state index is 0.235. The van der Waals surface area contributed by atoms with E-state index in [9.17, 15) is 10.4 Å². The summed E-state index contributed by atoms with van der Waals surface area (Å²) in [6.45, 7) is 0.462. The Morgan fingerprint density at radius 3 is 2.07 bits per heavy atom. The zero-order valence-electron chi connectivity index (χ0n) is 15.6. The average molecular weight is 426 g/mol.